The number of amides is 1. The van der Waals surface area contributed by atoms with E-state index in [0.29, 0.717) is 0 Å². The van der Waals surface area contributed by atoms with Gasteiger partial charge >= 0.3 is 12.1 Å². The molecule has 2 unspecified atom stereocenters. The minimum absolute atomic E-state index is 0.0406. The molecule has 0 heterocycles. The first-order chi connectivity index (χ1) is 11.2. The van der Waals surface area contributed by atoms with Gasteiger partial charge < -0.3 is 14.8 Å². The average molecular weight is 359 g/mol. The molecule has 0 bridgehead atoms. The van der Waals surface area contributed by atoms with Crippen LogP contribution in [0.2, 0.25) is 0 Å². The Morgan fingerprint density at radius 2 is 1.83 bits per heavy atom. The highest BCUT2D eigenvalue weighted by molar-refractivity contribution is 7.86. The summed E-state index contributed by atoms with van der Waals surface area (Å²) in [7, 11) is -2.56. The lowest BCUT2D eigenvalue weighted by Crippen LogP contribution is -2.45. The zero-order valence-electron chi connectivity index (χ0n) is 13.7. The highest BCUT2D eigenvalue weighted by atomic mass is 32.2. The molecule has 0 spiro atoms. The molecular weight excluding hydrogens is 338 g/mol. The fourth-order valence-electron chi connectivity index (χ4n) is 1.86. The van der Waals surface area contributed by atoms with Gasteiger partial charge in [-0.05, 0) is 12.5 Å². The van der Waals surface area contributed by atoms with Crippen LogP contribution in [0.5, 0.6) is 0 Å². The van der Waals surface area contributed by atoms with E-state index in [1.165, 1.54) is 14.0 Å². The van der Waals surface area contributed by atoms with E-state index in [2.05, 4.69) is 10.1 Å². The maximum atomic E-state index is 11.9. The molecule has 0 saturated heterocycles. The van der Waals surface area contributed by atoms with E-state index >= 15 is 0 Å². The number of hydrogen-bond donors (Lipinski definition) is 1. The molecule has 24 heavy (non-hydrogen) atoms. The Balaban J connectivity index is 2.65. The average Bonchev–Trinajstić information content (AvgIpc) is 2.51. The Morgan fingerprint density at radius 1 is 1.21 bits per heavy atom. The van der Waals surface area contributed by atoms with Gasteiger partial charge in [0.1, 0.15) is 6.61 Å². The summed E-state index contributed by atoms with van der Waals surface area (Å²) >= 11 is 0. The minimum atomic E-state index is -3.75. The van der Waals surface area contributed by atoms with Crippen LogP contribution in [0.4, 0.5) is 4.79 Å². The summed E-state index contributed by atoms with van der Waals surface area (Å²) in [6.45, 7) is 1.46. The number of carbonyl (C=O) groups excluding carboxylic acids is 2. The van der Waals surface area contributed by atoms with Gasteiger partial charge in [-0.2, -0.15) is 8.42 Å². The van der Waals surface area contributed by atoms with E-state index < -0.39 is 34.3 Å². The summed E-state index contributed by atoms with van der Waals surface area (Å²) in [6, 6.07) is 8.09. The molecule has 1 N–H and O–H groups in total. The van der Waals surface area contributed by atoms with E-state index in [0.717, 1.165) is 11.8 Å². The van der Waals surface area contributed by atoms with Crippen LogP contribution < -0.4 is 5.32 Å². The molecule has 0 aliphatic carbocycles. The molecule has 2 atom stereocenters. The van der Waals surface area contributed by atoms with Gasteiger partial charge in [-0.25, -0.2) is 4.79 Å². The number of nitrogens with one attached hydrogen (secondary N) is 1. The van der Waals surface area contributed by atoms with E-state index in [1.54, 1.807) is 24.3 Å². The number of alkyl carbamates (subject to hydrolysis) is 1. The van der Waals surface area contributed by atoms with Crippen molar-refractivity contribution in [2.75, 3.05) is 13.4 Å². The Hall–Kier alpha value is -2.13. The Bertz CT molecular complexity index is 645. The summed E-state index contributed by atoms with van der Waals surface area (Å²) in [4.78, 5) is 23.3. The molecule has 9 heteroatoms. The Kier molecular flexibility index (Phi) is 7.66. The van der Waals surface area contributed by atoms with Crippen molar-refractivity contribution in [3.8, 4) is 0 Å². The molecule has 0 saturated carbocycles. The number of hydrogen-bond acceptors (Lipinski definition) is 7. The maximum absolute atomic E-state index is 11.9. The molecule has 0 radical (unpaired) electrons. The number of benzene rings is 1. The van der Waals surface area contributed by atoms with Crippen molar-refractivity contribution in [1.29, 1.82) is 0 Å². The second-order valence-electron chi connectivity index (χ2n) is 5.10. The molecule has 134 valence electrons. The largest absolute Gasteiger partial charge is 0.469 e. The maximum Gasteiger partial charge on any atom is 0.407 e. The zero-order chi connectivity index (χ0) is 18.2. The van der Waals surface area contributed by atoms with Gasteiger partial charge in [0, 0.05) is 0 Å². The molecule has 0 aliphatic heterocycles. The summed E-state index contributed by atoms with van der Waals surface area (Å²) in [5.41, 5.74) is 0.789. The first-order valence-electron chi connectivity index (χ1n) is 7.13. The number of rotatable bonds is 8. The third kappa shape index (κ3) is 7.93. The summed E-state index contributed by atoms with van der Waals surface area (Å²) < 4.78 is 36.8. The third-order valence-electron chi connectivity index (χ3n) is 3.02. The quantitative estimate of drug-likeness (QED) is 0.549. The first kappa shape index (κ1) is 19.9. The molecule has 1 aromatic carbocycles. The van der Waals surface area contributed by atoms with E-state index in [-0.39, 0.29) is 13.0 Å². The second kappa shape index (κ2) is 9.24. The second-order valence-corrected chi connectivity index (χ2v) is 6.70. The van der Waals surface area contributed by atoms with Crippen molar-refractivity contribution in [3.63, 3.8) is 0 Å². The highest BCUT2D eigenvalue weighted by Crippen LogP contribution is 2.09. The normalized spacial score (nSPS) is 13.6. The first-order valence-corrected chi connectivity index (χ1v) is 8.95. The predicted octanol–water partition coefficient (Wildman–Crippen LogP) is 1.21. The molecule has 0 aliphatic rings. The van der Waals surface area contributed by atoms with Crippen LogP contribution in [-0.2, 0) is 35.2 Å². The lowest BCUT2D eigenvalue weighted by molar-refractivity contribution is -0.141. The Labute approximate surface area is 141 Å². The van der Waals surface area contributed by atoms with Crippen molar-refractivity contribution in [2.24, 2.45) is 0 Å². The van der Waals surface area contributed by atoms with Crippen molar-refractivity contribution < 1.29 is 31.7 Å². The van der Waals surface area contributed by atoms with Crippen LogP contribution >= 0.6 is 0 Å². The standard InChI is InChI=1S/C15H21NO7S/c1-11(23-24(3,19)20)13(9-14(17)21-2)16-15(18)22-10-12-7-5-4-6-8-12/h4-8,11,13H,9-10H2,1-3H3,(H,16,18). The fourth-order valence-corrected chi connectivity index (χ4v) is 2.54. The van der Waals surface area contributed by atoms with Crippen LogP contribution in [0.15, 0.2) is 30.3 Å². The van der Waals surface area contributed by atoms with Gasteiger partial charge in [0.15, 0.2) is 0 Å². The summed E-state index contributed by atoms with van der Waals surface area (Å²) in [5.74, 6) is -0.618. The zero-order valence-corrected chi connectivity index (χ0v) is 14.5. The van der Waals surface area contributed by atoms with Gasteiger partial charge in [-0.1, -0.05) is 30.3 Å². The van der Waals surface area contributed by atoms with E-state index in [9.17, 15) is 18.0 Å². The van der Waals surface area contributed by atoms with Gasteiger partial charge in [0.25, 0.3) is 10.1 Å². The number of esters is 1. The van der Waals surface area contributed by atoms with Crippen LogP contribution in [0, 0.1) is 0 Å². The van der Waals surface area contributed by atoms with Gasteiger partial charge in [0.05, 0.1) is 31.9 Å². The lowest BCUT2D eigenvalue weighted by atomic mass is 10.1. The van der Waals surface area contributed by atoms with E-state index in [4.69, 9.17) is 8.92 Å². The van der Waals surface area contributed by atoms with Gasteiger partial charge in [-0.3, -0.25) is 8.98 Å². The van der Waals surface area contributed by atoms with Crippen molar-refractivity contribution in [1.82, 2.24) is 5.32 Å². The SMILES string of the molecule is COC(=O)CC(NC(=O)OCc1ccccc1)C(C)OS(C)(=O)=O. The van der Waals surface area contributed by atoms with Crippen LogP contribution in [0.3, 0.4) is 0 Å². The molecule has 0 aromatic heterocycles. The lowest BCUT2D eigenvalue weighted by Gasteiger charge is -2.23. The molecule has 1 aromatic rings. The topological polar surface area (TPSA) is 108 Å². The van der Waals surface area contributed by atoms with Crippen LogP contribution in [-0.4, -0.2) is 46.0 Å². The fraction of sp³-hybridized carbons (Fsp3) is 0.467. The van der Waals surface area contributed by atoms with Crippen molar-refractivity contribution >= 4 is 22.2 Å². The van der Waals surface area contributed by atoms with Gasteiger partial charge in [0.2, 0.25) is 0 Å². The third-order valence-corrected chi connectivity index (χ3v) is 3.68. The molecule has 8 nitrogen and oxygen atoms in total. The van der Waals surface area contributed by atoms with Crippen molar-refractivity contribution in [2.45, 2.75) is 32.1 Å². The van der Waals surface area contributed by atoms with Crippen LogP contribution in [0.25, 0.3) is 0 Å². The summed E-state index contributed by atoms with van der Waals surface area (Å²) in [6.07, 6.45) is -1.14. The smallest absolute Gasteiger partial charge is 0.407 e. The van der Waals surface area contributed by atoms with Gasteiger partial charge in [-0.15, -0.1) is 0 Å². The highest BCUT2D eigenvalue weighted by Gasteiger charge is 2.27. The molecular formula is C15H21NO7S. The van der Waals surface area contributed by atoms with E-state index in [1.807, 2.05) is 6.07 Å². The van der Waals surface area contributed by atoms with Crippen LogP contribution in [0.1, 0.15) is 18.9 Å². The molecule has 1 amide bonds. The monoisotopic (exact) mass is 359 g/mol. The molecule has 0 fully saturated rings. The Morgan fingerprint density at radius 3 is 2.38 bits per heavy atom. The number of methoxy groups -OCH3 is 1. The predicted molar refractivity (Wildman–Crippen MR) is 85.6 cm³/mol. The number of ether oxygens (including phenoxy) is 2. The number of carbonyl (C=O) groups is 2. The minimum Gasteiger partial charge on any atom is -0.469 e. The van der Waals surface area contributed by atoms with Crippen molar-refractivity contribution in [3.05, 3.63) is 35.9 Å². The summed E-state index contributed by atoms with van der Waals surface area (Å²) in [5, 5.41) is 2.42. The molecule has 1 rings (SSSR count).